The number of hydrogen-bond donors (Lipinski definition) is 1. The van der Waals surface area contributed by atoms with Crippen molar-refractivity contribution < 1.29 is 21.9 Å². The highest BCUT2D eigenvalue weighted by molar-refractivity contribution is 7.90. The monoisotopic (exact) mass is 479 g/mol. The van der Waals surface area contributed by atoms with E-state index < -0.39 is 21.7 Å². The van der Waals surface area contributed by atoms with Gasteiger partial charge in [0, 0.05) is 25.7 Å². The van der Waals surface area contributed by atoms with Crippen molar-refractivity contribution in [2.24, 2.45) is 5.92 Å². The molecule has 2 aliphatic heterocycles. The molecule has 0 spiro atoms. The van der Waals surface area contributed by atoms with Crippen LogP contribution < -0.4 is 9.62 Å². The van der Waals surface area contributed by atoms with Crippen LogP contribution in [0.4, 0.5) is 14.6 Å². The number of nitrogens with zero attached hydrogens (tertiary/aromatic N) is 6. The quantitative estimate of drug-likeness (QED) is 0.544. The van der Waals surface area contributed by atoms with Crippen LogP contribution in [-0.2, 0) is 14.8 Å². The highest BCUT2D eigenvalue weighted by atomic mass is 32.2. The molecule has 0 saturated carbocycles. The van der Waals surface area contributed by atoms with E-state index in [-0.39, 0.29) is 24.8 Å². The van der Waals surface area contributed by atoms with Crippen LogP contribution in [-0.4, -0.2) is 71.1 Å². The molecule has 0 amide bonds. The molecule has 1 atom stereocenters. The molecule has 5 rings (SSSR count). The average Bonchev–Trinajstić information content (AvgIpc) is 3.20. The average molecular weight is 480 g/mol. The molecule has 0 bridgehead atoms. The summed E-state index contributed by atoms with van der Waals surface area (Å²) in [4.78, 5) is 15.0. The molecule has 13 heteroatoms. The van der Waals surface area contributed by atoms with Crippen molar-refractivity contribution in [1.82, 2.24) is 29.3 Å². The fourth-order valence-corrected chi connectivity index (χ4v) is 5.28. The molecule has 0 radical (unpaired) electrons. The molecule has 0 aliphatic carbocycles. The van der Waals surface area contributed by atoms with Crippen LogP contribution in [0.5, 0.6) is 0 Å². The molecular weight excluding hydrogens is 456 g/mol. The van der Waals surface area contributed by atoms with Gasteiger partial charge in [0.2, 0.25) is 10.0 Å². The van der Waals surface area contributed by atoms with Crippen molar-refractivity contribution in [2.75, 3.05) is 37.7 Å². The van der Waals surface area contributed by atoms with Crippen LogP contribution in [0, 0.1) is 5.92 Å². The summed E-state index contributed by atoms with van der Waals surface area (Å²) in [7, 11) is -3.36. The van der Waals surface area contributed by atoms with Gasteiger partial charge in [-0.25, -0.2) is 41.4 Å². The lowest BCUT2D eigenvalue weighted by Crippen LogP contribution is -2.49. The van der Waals surface area contributed by atoms with Crippen LogP contribution in [0.2, 0.25) is 0 Å². The summed E-state index contributed by atoms with van der Waals surface area (Å²) in [6, 6.07) is 4.52. The topological polar surface area (TPSA) is 115 Å². The Labute approximate surface area is 189 Å². The SMILES string of the molecule is O=S(=O)(NCC1CCCN(c2cc(-c3cnc4ccc(C(F)F)nn34)ncn2)C1)C1COC1. The van der Waals surface area contributed by atoms with Crippen molar-refractivity contribution in [2.45, 2.75) is 24.5 Å². The molecule has 1 unspecified atom stereocenters. The number of rotatable bonds is 7. The third kappa shape index (κ3) is 4.52. The van der Waals surface area contributed by atoms with Gasteiger partial charge in [-0.3, -0.25) is 0 Å². The summed E-state index contributed by atoms with van der Waals surface area (Å²) in [5, 5.41) is 3.53. The normalized spacial score (nSPS) is 19.8. The van der Waals surface area contributed by atoms with Crippen LogP contribution in [0.25, 0.3) is 17.0 Å². The number of nitrogens with one attached hydrogen (secondary N) is 1. The minimum Gasteiger partial charge on any atom is -0.378 e. The molecule has 1 N–H and O–H groups in total. The van der Waals surface area contributed by atoms with Crippen molar-refractivity contribution in [3.8, 4) is 11.4 Å². The van der Waals surface area contributed by atoms with Crippen molar-refractivity contribution in [3.63, 3.8) is 0 Å². The van der Waals surface area contributed by atoms with Gasteiger partial charge in [-0.05, 0) is 30.9 Å². The Morgan fingerprint density at radius 1 is 1.21 bits per heavy atom. The summed E-state index contributed by atoms with van der Waals surface area (Å²) in [6.07, 6.45) is 2.08. The first kappa shape index (κ1) is 22.0. The van der Waals surface area contributed by atoms with Gasteiger partial charge in [0.05, 0.1) is 25.1 Å². The number of aromatic nitrogens is 5. The summed E-state index contributed by atoms with van der Waals surface area (Å²) in [5.41, 5.74) is 1.10. The zero-order valence-corrected chi connectivity index (χ0v) is 18.5. The predicted octanol–water partition coefficient (Wildman–Crippen LogP) is 1.66. The standard InChI is InChI=1S/C20H23F2N7O3S/c21-20(22)15-3-4-18-23-8-17(29(18)27-15)16-6-19(25-12-24-16)28-5-1-2-13(9-28)7-26-33(30,31)14-10-32-11-14/h3-4,6,8,12-14,20,26H,1-2,5,7,9-11H2. The number of sulfonamides is 1. The van der Waals surface area contributed by atoms with E-state index in [4.69, 9.17) is 4.74 Å². The van der Waals surface area contributed by atoms with Crippen molar-refractivity contribution in [1.29, 1.82) is 0 Å². The van der Waals surface area contributed by atoms with E-state index in [1.807, 2.05) is 0 Å². The number of imidazole rings is 1. The van der Waals surface area contributed by atoms with Gasteiger partial charge in [-0.2, -0.15) is 5.10 Å². The van der Waals surface area contributed by atoms with Gasteiger partial charge in [-0.15, -0.1) is 0 Å². The number of halogens is 2. The molecule has 3 aromatic heterocycles. The summed E-state index contributed by atoms with van der Waals surface area (Å²) < 4.78 is 59.8. The van der Waals surface area contributed by atoms with Gasteiger partial charge < -0.3 is 9.64 Å². The largest absolute Gasteiger partial charge is 0.378 e. The van der Waals surface area contributed by atoms with Gasteiger partial charge in [0.15, 0.2) is 5.65 Å². The fraction of sp³-hybridized carbons (Fsp3) is 0.500. The van der Waals surface area contributed by atoms with E-state index in [1.165, 1.54) is 23.0 Å². The van der Waals surface area contributed by atoms with Crippen LogP contribution >= 0.6 is 0 Å². The second kappa shape index (κ2) is 8.88. The Bertz CT molecular complexity index is 1250. The van der Waals surface area contributed by atoms with Gasteiger partial charge in [0.25, 0.3) is 6.43 Å². The Morgan fingerprint density at radius 2 is 2.06 bits per heavy atom. The zero-order chi connectivity index (χ0) is 23.0. The van der Waals surface area contributed by atoms with E-state index in [9.17, 15) is 17.2 Å². The Kier molecular flexibility index (Phi) is 5.93. The van der Waals surface area contributed by atoms with Gasteiger partial charge >= 0.3 is 0 Å². The Hall–Kier alpha value is -2.77. The lowest BCUT2D eigenvalue weighted by Gasteiger charge is -2.34. The summed E-state index contributed by atoms with van der Waals surface area (Å²) in [5.74, 6) is 0.818. The second-order valence-corrected chi connectivity index (χ2v) is 10.3. The van der Waals surface area contributed by atoms with E-state index in [0.717, 1.165) is 19.4 Å². The van der Waals surface area contributed by atoms with Crippen molar-refractivity contribution in [3.05, 3.63) is 36.4 Å². The highest BCUT2D eigenvalue weighted by Crippen LogP contribution is 2.26. The predicted molar refractivity (Wildman–Crippen MR) is 115 cm³/mol. The highest BCUT2D eigenvalue weighted by Gasteiger charge is 2.33. The second-order valence-electron chi connectivity index (χ2n) is 8.24. The maximum Gasteiger partial charge on any atom is 0.282 e. The zero-order valence-electron chi connectivity index (χ0n) is 17.6. The molecule has 33 heavy (non-hydrogen) atoms. The molecule has 0 aromatic carbocycles. The number of piperidine rings is 1. The maximum absolute atomic E-state index is 13.1. The lowest BCUT2D eigenvalue weighted by molar-refractivity contribution is 0.0410. The van der Waals surface area contributed by atoms with Gasteiger partial charge in [-0.1, -0.05) is 0 Å². The third-order valence-electron chi connectivity index (χ3n) is 5.98. The molecular formula is C20H23F2N7O3S. The van der Waals surface area contributed by atoms with Crippen LogP contribution in [0.15, 0.2) is 30.7 Å². The summed E-state index contributed by atoms with van der Waals surface area (Å²) in [6.45, 7) is 2.26. The minimum atomic E-state index is -3.36. The van der Waals surface area contributed by atoms with Crippen LogP contribution in [0.1, 0.15) is 25.0 Å². The number of hydrogen-bond acceptors (Lipinski definition) is 8. The number of fused-ring (bicyclic) bond motifs is 1. The molecule has 5 heterocycles. The lowest BCUT2D eigenvalue weighted by atomic mass is 9.98. The molecule has 3 aromatic rings. The minimum absolute atomic E-state index is 0.138. The molecule has 2 aliphatic rings. The van der Waals surface area contributed by atoms with E-state index in [1.54, 1.807) is 12.3 Å². The molecule has 176 valence electrons. The first-order valence-electron chi connectivity index (χ1n) is 10.7. The molecule has 2 fully saturated rings. The fourth-order valence-electron chi connectivity index (χ4n) is 4.02. The third-order valence-corrected chi connectivity index (χ3v) is 7.70. The smallest absolute Gasteiger partial charge is 0.282 e. The summed E-state index contributed by atoms with van der Waals surface area (Å²) >= 11 is 0. The Balaban J connectivity index is 1.33. The maximum atomic E-state index is 13.1. The first-order chi connectivity index (χ1) is 15.9. The van der Waals surface area contributed by atoms with Crippen molar-refractivity contribution >= 4 is 21.5 Å². The molecule has 10 nitrogen and oxygen atoms in total. The molecule has 2 saturated heterocycles. The first-order valence-corrected chi connectivity index (χ1v) is 12.2. The number of ether oxygens (including phenoxy) is 1. The van der Waals surface area contributed by atoms with Gasteiger partial charge in [0.1, 0.15) is 28.8 Å². The van der Waals surface area contributed by atoms with E-state index in [2.05, 4.69) is 29.7 Å². The van der Waals surface area contributed by atoms with E-state index >= 15 is 0 Å². The number of anilines is 1. The number of alkyl halides is 2. The van der Waals surface area contributed by atoms with E-state index in [0.29, 0.717) is 35.9 Å². The van der Waals surface area contributed by atoms with Crippen LogP contribution in [0.3, 0.4) is 0 Å². The Morgan fingerprint density at radius 3 is 2.82 bits per heavy atom.